The Bertz CT molecular complexity index is 334. The van der Waals surface area contributed by atoms with E-state index in [1.54, 1.807) is 7.11 Å². The van der Waals surface area contributed by atoms with E-state index in [0.717, 1.165) is 32.1 Å². The van der Waals surface area contributed by atoms with Crippen LogP contribution in [-0.4, -0.2) is 46.5 Å². The highest BCUT2D eigenvalue weighted by Crippen LogP contribution is 2.18. The quantitative estimate of drug-likeness (QED) is 0.849. The van der Waals surface area contributed by atoms with E-state index in [2.05, 4.69) is 29.4 Å². The highest BCUT2D eigenvalue weighted by atomic mass is 16.5. The predicted molar refractivity (Wildman–Crippen MR) is 68.9 cm³/mol. The molecule has 17 heavy (non-hydrogen) atoms. The van der Waals surface area contributed by atoms with E-state index in [1.165, 1.54) is 5.69 Å². The Morgan fingerprint density at radius 2 is 2.18 bits per heavy atom. The smallest absolute Gasteiger partial charge is 0.119 e. The van der Waals surface area contributed by atoms with Crippen molar-refractivity contribution in [2.45, 2.75) is 6.04 Å². The SMILES string of the molecule is COc1ccc(N(C)CC2COCCN2)cc1. The van der Waals surface area contributed by atoms with Gasteiger partial charge in [-0.15, -0.1) is 0 Å². The van der Waals surface area contributed by atoms with Crippen LogP contribution in [0.5, 0.6) is 5.75 Å². The molecule has 0 bridgehead atoms. The molecule has 1 heterocycles. The Kier molecular flexibility index (Phi) is 4.23. The summed E-state index contributed by atoms with van der Waals surface area (Å²) in [5.41, 5.74) is 1.19. The molecule has 4 nitrogen and oxygen atoms in total. The molecule has 0 amide bonds. The van der Waals surface area contributed by atoms with E-state index in [9.17, 15) is 0 Å². The lowest BCUT2D eigenvalue weighted by atomic mass is 10.2. The molecule has 94 valence electrons. The van der Waals surface area contributed by atoms with Crippen LogP contribution in [0, 0.1) is 0 Å². The highest BCUT2D eigenvalue weighted by molar-refractivity contribution is 5.48. The number of hydrogen-bond acceptors (Lipinski definition) is 4. The highest BCUT2D eigenvalue weighted by Gasteiger charge is 2.15. The summed E-state index contributed by atoms with van der Waals surface area (Å²) in [6.45, 7) is 3.51. The molecule has 1 N–H and O–H groups in total. The van der Waals surface area contributed by atoms with Gasteiger partial charge >= 0.3 is 0 Å². The van der Waals surface area contributed by atoms with Crippen molar-refractivity contribution in [1.29, 1.82) is 0 Å². The van der Waals surface area contributed by atoms with E-state index in [0.29, 0.717) is 6.04 Å². The topological polar surface area (TPSA) is 33.7 Å². The largest absolute Gasteiger partial charge is 0.497 e. The number of methoxy groups -OCH3 is 1. The maximum Gasteiger partial charge on any atom is 0.119 e. The second kappa shape index (κ2) is 5.89. The van der Waals surface area contributed by atoms with Crippen molar-refractivity contribution in [1.82, 2.24) is 5.32 Å². The van der Waals surface area contributed by atoms with Crippen LogP contribution in [0.2, 0.25) is 0 Å². The van der Waals surface area contributed by atoms with Gasteiger partial charge in [0, 0.05) is 31.9 Å². The lowest BCUT2D eigenvalue weighted by Crippen LogP contribution is -2.47. The number of benzene rings is 1. The summed E-state index contributed by atoms with van der Waals surface area (Å²) in [6, 6.07) is 8.52. The average molecular weight is 236 g/mol. The summed E-state index contributed by atoms with van der Waals surface area (Å²) in [5, 5.41) is 3.45. The Balaban J connectivity index is 1.91. The number of nitrogens with zero attached hydrogens (tertiary/aromatic N) is 1. The summed E-state index contributed by atoms with van der Waals surface area (Å²) in [4.78, 5) is 2.23. The summed E-state index contributed by atoms with van der Waals surface area (Å²) in [6.07, 6.45) is 0. The van der Waals surface area contributed by atoms with Crippen LogP contribution < -0.4 is 15.0 Å². The van der Waals surface area contributed by atoms with Gasteiger partial charge in [-0.3, -0.25) is 0 Å². The fourth-order valence-corrected chi connectivity index (χ4v) is 2.01. The van der Waals surface area contributed by atoms with Crippen LogP contribution in [0.3, 0.4) is 0 Å². The van der Waals surface area contributed by atoms with Crippen molar-refractivity contribution in [2.24, 2.45) is 0 Å². The Labute approximate surface area is 103 Å². The summed E-state index contributed by atoms with van der Waals surface area (Å²) in [5.74, 6) is 0.890. The molecule has 1 aromatic carbocycles. The summed E-state index contributed by atoms with van der Waals surface area (Å²) in [7, 11) is 3.78. The van der Waals surface area contributed by atoms with Gasteiger partial charge in [0.15, 0.2) is 0 Å². The van der Waals surface area contributed by atoms with Crippen LogP contribution >= 0.6 is 0 Å². The number of morpholine rings is 1. The monoisotopic (exact) mass is 236 g/mol. The van der Waals surface area contributed by atoms with E-state index in [-0.39, 0.29) is 0 Å². The van der Waals surface area contributed by atoms with Gasteiger partial charge < -0.3 is 19.7 Å². The molecular formula is C13H20N2O2. The number of nitrogens with one attached hydrogen (secondary N) is 1. The fraction of sp³-hybridized carbons (Fsp3) is 0.538. The van der Waals surface area contributed by atoms with Gasteiger partial charge in [-0.05, 0) is 24.3 Å². The minimum absolute atomic E-state index is 0.413. The number of likely N-dealkylation sites (N-methyl/N-ethyl adjacent to an activating group) is 1. The number of rotatable bonds is 4. The summed E-state index contributed by atoms with van der Waals surface area (Å²) >= 11 is 0. The van der Waals surface area contributed by atoms with Crippen molar-refractivity contribution in [3.05, 3.63) is 24.3 Å². The van der Waals surface area contributed by atoms with Crippen LogP contribution in [0.4, 0.5) is 5.69 Å². The molecule has 0 radical (unpaired) electrons. The molecule has 1 aromatic rings. The molecule has 0 aliphatic carbocycles. The van der Waals surface area contributed by atoms with Crippen molar-refractivity contribution in [2.75, 3.05) is 45.4 Å². The van der Waals surface area contributed by atoms with Gasteiger partial charge in [0.2, 0.25) is 0 Å². The van der Waals surface area contributed by atoms with Crippen molar-refractivity contribution in [3.8, 4) is 5.75 Å². The maximum atomic E-state index is 5.45. The van der Waals surface area contributed by atoms with Crippen molar-refractivity contribution >= 4 is 5.69 Å². The third kappa shape index (κ3) is 3.35. The van der Waals surface area contributed by atoms with Crippen LogP contribution in [-0.2, 0) is 4.74 Å². The normalized spacial score (nSPS) is 20.0. The number of hydrogen-bond donors (Lipinski definition) is 1. The zero-order valence-electron chi connectivity index (χ0n) is 10.5. The molecule has 0 saturated carbocycles. The first-order valence-electron chi connectivity index (χ1n) is 5.96. The molecule has 1 aliphatic heterocycles. The number of ether oxygens (including phenoxy) is 2. The average Bonchev–Trinajstić information content (AvgIpc) is 2.40. The first-order valence-corrected chi connectivity index (χ1v) is 5.96. The first-order chi connectivity index (χ1) is 8.29. The minimum atomic E-state index is 0.413. The van der Waals surface area contributed by atoms with E-state index in [1.807, 2.05) is 12.1 Å². The zero-order chi connectivity index (χ0) is 12.1. The minimum Gasteiger partial charge on any atom is -0.497 e. The van der Waals surface area contributed by atoms with Gasteiger partial charge in [-0.25, -0.2) is 0 Å². The third-order valence-electron chi connectivity index (χ3n) is 3.01. The fourth-order valence-electron chi connectivity index (χ4n) is 2.01. The van der Waals surface area contributed by atoms with Crippen molar-refractivity contribution in [3.63, 3.8) is 0 Å². The molecule has 1 unspecified atom stereocenters. The second-order valence-corrected chi connectivity index (χ2v) is 4.30. The van der Waals surface area contributed by atoms with Gasteiger partial charge in [-0.1, -0.05) is 0 Å². The zero-order valence-corrected chi connectivity index (χ0v) is 10.5. The van der Waals surface area contributed by atoms with E-state index >= 15 is 0 Å². The lowest BCUT2D eigenvalue weighted by Gasteiger charge is -2.29. The van der Waals surface area contributed by atoms with Gasteiger partial charge in [0.1, 0.15) is 5.75 Å². The lowest BCUT2D eigenvalue weighted by molar-refractivity contribution is 0.0791. The van der Waals surface area contributed by atoms with Crippen LogP contribution in [0.15, 0.2) is 24.3 Å². The predicted octanol–water partition coefficient (Wildman–Crippen LogP) is 1.12. The Hall–Kier alpha value is -1.26. The molecule has 2 rings (SSSR count). The molecular weight excluding hydrogens is 216 g/mol. The molecule has 0 aromatic heterocycles. The Morgan fingerprint density at radius 3 is 2.76 bits per heavy atom. The molecule has 1 saturated heterocycles. The van der Waals surface area contributed by atoms with Gasteiger partial charge in [0.05, 0.1) is 20.3 Å². The van der Waals surface area contributed by atoms with Crippen LogP contribution in [0.1, 0.15) is 0 Å². The molecule has 1 aliphatic rings. The second-order valence-electron chi connectivity index (χ2n) is 4.30. The Morgan fingerprint density at radius 1 is 1.41 bits per heavy atom. The molecule has 1 fully saturated rings. The van der Waals surface area contributed by atoms with Crippen molar-refractivity contribution < 1.29 is 9.47 Å². The maximum absolute atomic E-state index is 5.45. The van der Waals surface area contributed by atoms with Crippen LogP contribution in [0.25, 0.3) is 0 Å². The molecule has 1 atom stereocenters. The van der Waals surface area contributed by atoms with E-state index in [4.69, 9.17) is 9.47 Å². The van der Waals surface area contributed by atoms with E-state index < -0.39 is 0 Å². The third-order valence-corrected chi connectivity index (χ3v) is 3.01. The molecule has 0 spiro atoms. The number of anilines is 1. The molecule has 4 heteroatoms. The van der Waals surface area contributed by atoms with Gasteiger partial charge in [0.25, 0.3) is 0 Å². The van der Waals surface area contributed by atoms with Gasteiger partial charge in [-0.2, -0.15) is 0 Å². The standard InChI is InChI=1S/C13H20N2O2/c1-15(9-11-10-17-8-7-14-11)12-3-5-13(16-2)6-4-12/h3-6,11,14H,7-10H2,1-2H3. The summed E-state index contributed by atoms with van der Waals surface area (Å²) < 4.78 is 10.6. The first kappa shape index (κ1) is 12.2.